The minimum atomic E-state index is -1.14. The topological polar surface area (TPSA) is 107 Å². The first-order valence-corrected chi connectivity index (χ1v) is 5.71. The summed E-state index contributed by atoms with van der Waals surface area (Å²) in [4.78, 5) is 30.9. The monoisotopic (exact) mass is 263 g/mol. The molecule has 0 saturated carbocycles. The van der Waals surface area contributed by atoms with Gasteiger partial charge in [0.05, 0.1) is 16.8 Å². The molecule has 3 N–H and O–H groups in total. The Bertz CT molecular complexity index is 572. The molecule has 0 unspecified atom stereocenters. The number of aromatic nitrogens is 2. The molecule has 1 aromatic rings. The maximum atomic E-state index is 11.3. The average Bonchev–Trinajstić information content (AvgIpc) is 2.90. The third-order valence-electron chi connectivity index (χ3n) is 2.85. The molecule has 0 amide bonds. The van der Waals surface area contributed by atoms with E-state index in [1.165, 1.54) is 12.4 Å². The van der Waals surface area contributed by atoms with Crippen LogP contribution in [-0.2, 0) is 9.59 Å². The second-order valence-electron chi connectivity index (χ2n) is 3.99. The van der Waals surface area contributed by atoms with Gasteiger partial charge < -0.3 is 20.1 Å². The summed E-state index contributed by atoms with van der Waals surface area (Å²) in [6.45, 7) is 2.26. The zero-order valence-electron chi connectivity index (χ0n) is 10.3. The number of H-pyrrole nitrogens is 1. The molecule has 2 rings (SSSR count). The van der Waals surface area contributed by atoms with Gasteiger partial charge >= 0.3 is 11.9 Å². The summed E-state index contributed by atoms with van der Waals surface area (Å²) in [5.74, 6) is -1.84. The van der Waals surface area contributed by atoms with Gasteiger partial charge in [-0.3, -0.25) is 0 Å². The summed E-state index contributed by atoms with van der Waals surface area (Å²) >= 11 is 0. The van der Waals surface area contributed by atoms with Crippen molar-refractivity contribution < 1.29 is 19.8 Å². The number of aliphatic carboxylic acids is 2. The van der Waals surface area contributed by atoms with Crippen LogP contribution in [0.25, 0.3) is 5.70 Å². The molecule has 1 aromatic heterocycles. The summed E-state index contributed by atoms with van der Waals surface area (Å²) in [6, 6.07) is 0. The highest BCUT2D eigenvalue weighted by Crippen LogP contribution is 2.30. The predicted octanol–water partition coefficient (Wildman–Crippen LogP) is 0.900. The zero-order valence-corrected chi connectivity index (χ0v) is 10.3. The Kier molecular flexibility index (Phi) is 3.37. The van der Waals surface area contributed by atoms with Crippen LogP contribution in [0, 0.1) is 0 Å². The number of rotatable bonds is 4. The Morgan fingerprint density at radius 1 is 1.42 bits per heavy atom. The summed E-state index contributed by atoms with van der Waals surface area (Å²) in [6.07, 6.45) is 4.43. The molecule has 2 heterocycles. The highest BCUT2D eigenvalue weighted by atomic mass is 16.4. The van der Waals surface area contributed by atoms with Crippen molar-refractivity contribution in [3.63, 3.8) is 0 Å². The smallest absolute Gasteiger partial charge is 0.334 e. The van der Waals surface area contributed by atoms with Crippen LogP contribution in [0.2, 0.25) is 0 Å². The lowest BCUT2D eigenvalue weighted by Gasteiger charge is -2.27. The van der Waals surface area contributed by atoms with Crippen LogP contribution < -0.4 is 0 Å². The number of nitrogens with one attached hydrogen (secondary N) is 1. The lowest BCUT2D eigenvalue weighted by atomic mass is 9.99. The van der Waals surface area contributed by atoms with Crippen molar-refractivity contribution in [2.75, 3.05) is 6.54 Å². The van der Waals surface area contributed by atoms with E-state index in [0.29, 0.717) is 18.1 Å². The van der Waals surface area contributed by atoms with Crippen LogP contribution in [-0.4, -0.2) is 43.6 Å². The molecule has 0 atom stereocenters. The first-order valence-electron chi connectivity index (χ1n) is 5.71. The van der Waals surface area contributed by atoms with Crippen molar-refractivity contribution in [3.05, 3.63) is 35.6 Å². The maximum Gasteiger partial charge on any atom is 0.334 e. The van der Waals surface area contributed by atoms with Gasteiger partial charge in [0.15, 0.2) is 5.82 Å². The second-order valence-corrected chi connectivity index (χ2v) is 3.99. The molecule has 0 aromatic carbocycles. The lowest BCUT2D eigenvalue weighted by molar-refractivity contribution is -0.133. The maximum absolute atomic E-state index is 11.3. The van der Waals surface area contributed by atoms with Crippen molar-refractivity contribution >= 4 is 17.6 Å². The number of hydrogen-bond acceptors (Lipinski definition) is 4. The van der Waals surface area contributed by atoms with E-state index in [1.807, 2.05) is 6.92 Å². The largest absolute Gasteiger partial charge is 0.478 e. The Labute approximate surface area is 108 Å². The summed E-state index contributed by atoms with van der Waals surface area (Å²) < 4.78 is 0. The van der Waals surface area contributed by atoms with Crippen molar-refractivity contribution in [2.24, 2.45) is 0 Å². The Morgan fingerprint density at radius 3 is 2.63 bits per heavy atom. The highest BCUT2D eigenvalue weighted by Gasteiger charge is 2.29. The Morgan fingerprint density at radius 2 is 2.16 bits per heavy atom. The fourth-order valence-electron chi connectivity index (χ4n) is 1.98. The average molecular weight is 263 g/mol. The van der Waals surface area contributed by atoms with Crippen LogP contribution in [0.5, 0.6) is 0 Å². The van der Waals surface area contributed by atoms with Gasteiger partial charge in [-0.1, -0.05) is 0 Å². The van der Waals surface area contributed by atoms with E-state index in [0.717, 1.165) is 0 Å². The van der Waals surface area contributed by atoms with E-state index in [2.05, 4.69) is 9.97 Å². The van der Waals surface area contributed by atoms with E-state index >= 15 is 0 Å². The molecule has 7 nitrogen and oxygen atoms in total. The summed E-state index contributed by atoms with van der Waals surface area (Å²) in [7, 11) is 0. The van der Waals surface area contributed by atoms with E-state index in [-0.39, 0.29) is 17.6 Å². The second kappa shape index (κ2) is 4.97. The molecule has 0 fully saturated rings. The van der Waals surface area contributed by atoms with Gasteiger partial charge in [0, 0.05) is 31.6 Å². The number of hydrogen-bond donors (Lipinski definition) is 3. The third-order valence-corrected chi connectivity index (χ3v) is 2.85. The number of nitrogens with zero attached hydrogens (tertiary/aromatic N) is 2. The fourth-order valence-corrected chi connectivity index (χ4v) is 1.98. The number of carboxylic acids is 2. The number of carboxylic acid groups (broad SMARTS) is 2. The van der Waals surface area contributed by atoms with E-state index in [9.17, 15) is 14.7 Å². The molecule has 7 heteroatoms. The van der Waals surface area contributed by atoms with Crippen molar-refractivity contribution in [1.29, 1.82) is 0 Å². The van der Waals surface area contributed by atoms with Crippen LogP contribution in [0.15, 0.2) is 29.7 Å². The molecular weight excluding hydrogens is 250 g/mol. The molecule has 19 heavy (non-hydrogen) atoms. The van der Waals surface area contributed by atoms with Gasteiger partial charge in [0.1, 0.15) is 0 Å². The highest BCUT2D eigenvalue weighted by molar-refractivity contribution is 6.00. The molecule has 1 aliphatic rings. The van der Waals surface area contributed by atoms with Gasteiger partial charge in [0.2, 0.25) is 0 Å². The van der Waals surface area contributed by atoms with Crippen LogP contribution in [0.1, 0.15) is 19.2 Å². The predicted molar refractivity (Wildman–Crippen MR) is 65.9 cm³/mol. The Balaban J connectivity index is 2.54. The third kappa shape index (κ3) is 2.35. The summed E-state index contributed by atoms with van der Waals surface area (Å²) in [5.41, 5.74) is 0.483. The normalized spacial score (nSPS) is 15.4. The first kappa shape index (κ1) is 12.9. The van der Waals surface area contributed by atoms with Crippen LogP contribution >= 0.6 is 0 Å². The van der Waals surface area contributed by atoms with Crippen LogP contribution in [0.3, 0.4) is 0 Å². The minimum absolute atomic E-state index is 0.0247. The van der Waals surface area contributed by atoms with E-state index < -0.39 is 11.9 Å². The van der Waals surface area contributed by atoms with Crippen molar-refractivity contribution in [1.82, 2.24) is 14.9 Å². The molecule has 0 aliphatic carbocycles. The van der Waals surface area contributed by atoms with Gasteiger partial charge in [0.25, 0.3) is 0 Å². The van der Waals surface area contributed by atoms with Crippen molar-refractivity contribution in [3.8, 4) is 0 Å². The standard InChI is InChI=1S/C12H13N3O4/c1-2-15-6-7(11(16)17)5-8(12(18)19)9(15)10-13-3-4-14-10/h3-4,6H,2,5H2,1H3,(H,13,14)(H,16,17)(H,18,19). The number of imidazole rings is 1. The van der Waals surface area contributed by atoms with E-state index in [1.54, 1.807) is 11.1 Å². The lowest BCUT2D eigenvalue weighted by Crippen LogP contribution is -2.26. The Hall–Kier alpha value is -2.57. The molecular formula is C12H13N3O4. The number of aromatic amines is 1. The zero-order chi connectivity index (χ0) is 14.0. The fraction of sp³-hybridized carbons (Fsp3) is 0.250. The summed E-state index contributed by atoms with van der Waals surface area (Å²) in [5, 5.41) is 18.3. The molecule has 1 aliphatic heterocycles. The van der Waals surface area contributed by atoms with E-state index in [4.69, 9.17) is 5.11 Å². The van der Waals surface area contributed by atoms with Gasteiger partial charge in [-0.2, -0.15) is 0 Å². The molecule has 0 bridgehead atoms. The molecule has 100 valence electrons. The first-order chi connectivity index (χ1) is 9.04. The molecule has 0 spiro atoms. The van der Waals surface area contributed by atoms with Crippen LogP contribution in [0.4, 0.5) is 0 Å². The molecule has 0 saturated heterocycles. The molecule has 0 radical (unpaired) electrons. The van der Waals surface area contributed by atoms with Gasteiger partial charge in [-0.15, -0.1) is 0 Å². The number of carbonyl (C=O) groups is 2. The van der Waals surface area contributed by atoms with Gasteiger partial charge in [-0.05, 0) is 6.92 Å². The van der Waals surface area contributed by atoms with Crippen molar-refractivity contribution in [2.45, 2.75) is 13.3 Å². The SMILES string of the molecule is CCN1C=C(C(=O)O)CC(C(=O)O)=C1c1ncc[nH]1. The minimum Gasteiger partial charge on any atom is -0.478 e. The quantitative estimate of drug-likeness (QED) is 0.745. The van der Waals surface area contributed by atoms with Gasteiger partial charge in [-0.25, -0.2) is 14.6 Å².